The number of nitrogens with zero attached hydrogens (tertiary/aromatic N) is 1. The molecular formula is C15H24F2N2O. The Morgan fingerprint density at radius 3 is 2.50 bits per heavy atom. The van der Waals surface area contributed by atoms with Crippen molar-refractivity contribution in [3.63, 3.8) is 0 Å². The van der Waals surface area contributed by atoms with Gasteiger partial charge in [0.2, 0.25) is 11.8 Å². The molecule has 1 N–H and O–H groups in total. The largest absolute Gasteiger partial charge is 0.338 e. The first kappa shape index (κ1) is 14.2. The summed E-state index contributed by atoms with van der Waals surface area (Å²) in [6.45, 7) is 1.85. The van der Waals surface area contributed by atoms with Crippen LogP contribution in [0.4, 0.5) is 8.78 Å². The van der Waals surface area contributed by atoms with Crippen molar-refractivity contribution < 1.29 is 13.6 Å². The van der Waals surface area contributed by atoms with Crippen molar-refractivity contribution in [2.45, 2.75) is 69.4 Å². The summed E-state index contributed by atoms with van der Waals surface area (Å²) in [6.07, 6.45) is 4.90. The Balaban J connectivity index is 1.61. The van der Waals surface area contributed by atoms with Crippen molar-refractivity contribution in [2.75, 3.05) is 13.1 Å². The molecule has 2 atom stereocenters. The second-order valence-electron chi connectivity index (χ2n) is 6.57. The molecule has 114 valence electrons. The fourth-order valence-corrected chi connectivity index (χ4v) is 4.05. The standard InChI is InChI=1S/C15H24F2N2O/c16-15(17)7-5-11(6-8-15)14(20)19-10-2-4-13(19)12-3-1-9-18-12/h11-13,18H,1-10H2. The second-order valence-corrected chi connectivity index (χ2v) is 6.57. The van der Waals surface area contributed by atoms with Gasteiger partial charge in [0.15, 0.2) is 0 Å². The predicted octanol–water partition coefficient (Wildman–Crippen LogP) is 2.55. The van der Waals surface area contributed by atoms with Crippen molar-refractivity contribution in [2.24, 2.45) is 5.92 Å². The van der Waals surface area contributed by atoms with E-state index in [1.807, 2.05) is 4.90 Å². The van der Waals surface area contributed by atoms with Gasteiger partial charge < -0.3 is 10.2 Å². The normalized spacial score (nSPS) is 34.6. The van der Waals surface area contributed by atoms with E-state index in [4.69, 9.17) is 0 Å². The van der Waals surface area contributed by atoms with Gasteiger partial charge in [-0.2, -0.15) is 0 Å². The van der Waals surface area contributed by atoms with E-state index in [-0.39, 0.29) is 24.7 Å². The molecule has 0 bridgehead atoms. The van der Waals surface area contributed by atoms with Gasteiger partial charge >= 0.3 is 0 Å². The third-order valence-corrected chi connectivity index (χ3v) is 5.21. The summed E-state index contributed by atoms with van der Waals surface area (Å²) < 4.78 is 26.4. The SMILES string of the molecule is O=C(C1CCC(F)(F)CC1)N1CCCC1C1CCCN1. The predicted molar refractivity (Wildman–Crippen MR) is 72.7 cm³/mol. The number of rotatable bonds is 2. The summed E-state index contributed by atoms with van der Waals surface area (Å²) in [5.74, 6) is -2.58. The fraction of sp³-hybridized carbons (Fsp3) is 0.933. The molecule has 3 nitrogen and oxygen atoms in total. The average Bonchev–Trinajstić information content (AvgIpc) is 3.08. The minimum absolute atomic E-state index is 0.121. The van der Waals surface area contributed by atoms with E-state index in [0.29, 0.717) is 24.9 Å². The van der Waals surface area contributed by atoms with E-state index in [1.165, 1.54) is 6.42 Å². The Labute approximate surface area is 119 Å². The highest BCUT2D eigenvalue weighted by Gasteiger charge is 2.42. The Hall–Kier alpha value is -0.710. The lowest BCUT2D eigenvalue weighted by atomic mass is 9.85. The smallest absolute Gasteiger partial charge is 0.248 e. The molecule has 0 aromatic rings. The zero-order chi connectivity index (χ0) is 14.2. The number of alkyl halides is 2. The zero-order valence-corrected chi connectivity index (χ0v) is 11.9. The molecule has 3 rings (SSSR count). The van der Waals surface area contributed by atoms with Crippen LogP contribution in [0.3, 0.4) is 0 Å². The molecule has 2 aliphatic heterocycles. The lowest BCUT2D eigenvalue weighted by Crippen LogP contribution is -2.49. The van der Waals surface area contributed by atoms with Gasteiger partial charge in [-0.3, -0.25) is 4.79 Å². The van der Waals surface area contributed by atoms with Gasteiger partial charge in [0, 0.05) is 37.4 Å². The molecule has 2 saturated heterocycles. The summed E-state index contributed by atoms with van der Waals surface area (Å²) in [4.78, 5) is 14.6. The highest BCUT2D eigenvalue weighted by Crippen LogP contribution is 2.38. The van der Waals surface area contributed by atoms with Crippen LogP contribution in [0, 0.1) is 5.92 Å². The molecule has 1 saturated carbocycles. The maximum Gasteiger partial charge on any atom is 0.248 e. The van der Waals surface area contributed by atoms with Crippen LogP contribution in [0.25, 0.3) is 0 Å². The number of nitrogens with one attached hydrogen (secondary N) is 1. The Morgan fingerprint density at radius 2 is 1.85 bits per heavy atom. The lowest BCUT2D eigenvalue weighted by Gasteiger charge is -2.35. The van der Waals surface area contributed by atoms with Crippen LogP contribution in [-0.2, 0) is 4.79 Å². The molecule has 3 fully saturated rings. The monoisotopic (exact) mass is 286 g/mol. The van der Waals surface area contributed by atoms with Crippen LogP contribution in [0.5, 0.6) is 0 Å². The van der Waals surface area contributed by atoms with Crippen molar-refractivity contribution in [1.29, 1.82) is 0 Å². The van der Waals surface area contributed by atoms with Gasteiger partial charge in [0.05, 0.1) is 0 Å². The van der Waals surface area contributed by atoms with E-state index >= 15 is 0 Å². The van der Waals surface area contributed by atoms with Gasteiger partial charge in [0.25, 0.3) is 0 Å². The first-order valence-electron chi connectivity index (χ1n) is 7.98. The molecule has 2 heterocycles. The number of likely N-dealkylation sites (tertiary alicyclic amines) is 1. The minimum atomic E-state index is -2.55. The van der Waals surface area contributed by atoms with Gasteiger partial charge in [-0.25, -0.2) is 8.78 Å². The van der Waals surface area contributed by atoms with E-state index in [1.54, 1.807) is 0 Å². The highest BCUT2D eigenvalue weighted by molar-refractivity contribution is 5.79. The van der Waals surface area contributed by atoms with Crippen LogP contribution in [0.1, 0.15) is 51.4 Å². The van der Waals surface area contributed by atoms with Crippen molar-refractivity contribution in [3.8, 4) is 0 Å². The van der Waals surface area contributed by atoms with E-state index in [2.05, 4.69) is 5.32 Å². The number of carbonyl (C=O) groups excluding carboxylic acids is 1. The third-order valence-electron chi connectivity index (χ3n) is 5.21. The molecule has 0 aromatic heterocycles. The summed E-state index contributed by atoms with van der Waals surface area (Å²) in [7, 11) is 0. The van der Waals surface area contributed by atoms with Crippen LogP contribution in [0.15, 0.2) is 0 Å². The van der Waals surface area contributed by atoms with Crippen LogP contribution < -0.4 is 5.32 Å². The molecule has 3 aliphatic rings. The average molecular weight is 286 g/mol. The fourth-order valence-electron chi connectivity index (χ4n) is 4.05. The summed E-state index contributed by atoms with van der Waals surface area (Å²) >= 11 is 0. The second kappa shape index (κ2) is 5.58. The Morgan fingerprint density at radius 1 is 1.10 bits per heavy atom. The van der Waals surface area contributed by atoms with E-state index < -0.39 is 5.92 Å². The van der Waals surface area contributed by atoms with Crippen LogP contribution in [0.2, 0.25) is 0 Å². The topological polar surface area (TPSA) is 32.3 Å². The molecule has 2 unspecified atom stereocenters. The quantitative estimate of drug-likeness (QED) is 0.846. The number of hydrogen-bond donors (Lipinski definition) is 1. The molecule has 0 radical (unpaired) electrons. The first-order valence-corrected chi connectivity index (χ1v) is 7.98. The zero-order valence-electron chi connectivity index (χ0n) is 11.9. The molecular weight excluding hydrogens is 262 g/mol. The van der Waals surface area contributed by atoms with Gasteiger partial charge in [-0.1, -0.05) is 0 Å². The third kappa shape index (κ3) is 2.83. The summed E-state index contributed by atoms with van der Waals surface area (Å²) in [5.41, 5.74) is 0. The Kier molecular flexibility index (Phi) is 3.98. The molecule has 5 heteroatoms. The molecule has 0 spiro atoms. The van der Waals surface area contributed by atoms with Crippen molar-refractivity contribution in [3.05, 3.63) is 0 Å². The number of carbonyl (C=O) groups is 1. The molecule has 1 amide bonds. The van der Waals surface area contributed by atoms with Crippen LogP contribution >= 0.6 is 0 Å². The molecule has 0 aromatic carbocycles. The van der Waals surface area contributed by atoms with Crippen molar-refractivity contribution in [1.82, 2.24) is 10.2 Å². The maximum absolute atomic E-state index is 13.2. The molecule has 20 heavy (non-hydrogen) atoms. The number of halogens is 2. The van der Waals surface area contributed by atoms with E-state index in [9.17, 15) is 13.6 Å². The van der Waals surface area contributed by atoms with E-state index in [0.717, 1.165) is 32.4 Å². The van der Waals surface area contributed by atoms with Crippen molar-refractivity contribution >= 4 is 5.91 Å². The summed E-state index contributed by atoms with van der Waals surface area (Å²) in [6, 6.07) is 0.721. The first-order chi connectivity index (χ1) is 9.57. The lowest BCUT2D eigenvalue weighted by molar-refractivity contribution is -0.141. The number of hydrogen-bond acceptors (Lipinski definition) is 2. The van der Waals surface area contributed by atoms with Crippen LogP contribution in [-0.4, -0.2) is 41.9 Å². The number of amides is 1. The molecule has 1 aliphatic carbocycles. The van der Waals surface area contributed by atoms with Gasteiger partial charge in [-0.15, -0.1) is 0 Å². The highest BCUT2D eigenvalue weighted by atomic mass is 19.3. The minimum Gasteiger partial charge on any atom is -0.338 e. The Bertz CT molecular complexity index is 359. The van der Waals surface area contributed by atoms with Gasteiger partial charge in [-0.05, 0) is 45.1 Å². The summed E-state index contributed by atoms with van der Waals surface area (Å²) in [5, 5.41) is 3.49. The maximum atomic E-state index is 13.2. The van der Waals surface area contributed by atoms with Gasteiger partial charge in [0.1, 0.15) is 0 Å².